The van der Waals surface area contributed by atoms with E-state index in [9.17, 15) is 13.6 Å². The number of hydrogen-bond donors (Lipinski definition) is 1. The Morgan fingerprint density at radius 1 is 1.21 bits per heavy atom. The molecule has 0 aromatic heterocycles. The highest BCUT2D eigenvalue weighted by Crippen LogP contribution is 2.33. The number of anilines is 1. The highest BCUT2D eigenvalue weighted by Gasteiger charge is 2.18. The van der Waals surface area contributed by atoms with E-state index in [1.54, 1.807) is 31.2 Å². The Morgan fingerprint density at radius 2 is 1.92 bits per heavy atom. The van der Waals surface area contributed by atoms with Gasteiger partial charge in [0.15, 0.2) is 0 Å². The molecule has 2 rings (SSSR count). The summed E-state index contributed by atoms with van der Waals surface area (Å²) in [5, 5.41) is 3.03. The van der Waals surface area contributed by atoms with E-state index in [1.807, 2.05) is 0 Å². The van der Waals surface area contributed by atoms with Crippen molar-refractivity contribution in [2.75, 3.05) is 5.32 Å². The van der Waals surface area contributed by atoms with Gasteiger partial charge in [0.05, 0.1) is 16.0 Å². The SMILES string of the molecule is CC(Sc1cc(Cl)ccc1Cl)C(=O)Nc1ccccc1OC(F)F. The molecule has 0 aliphatic carbocycles. The van der Waals surface area contributed by atoms with Gasteiger partial charge in [-0.3, -0.25) is 4.79 Å². The monoisotopic (exact) mass is 391 g/mol. The maximum absolute atomic E-state index is 12.4. The Kier molecular flexibility index (Phi) is 6.71. The number of carbonyl (C=O) groups excluding carboxylic acids is 1. The first kappa shape index (κ1) is 18.8. The summed E-state index contributed by atoms with van der Waals surface area (Å²) < 4.78 is 29.2. The molecule has 0 bridgehead atoms. The van der Waals surface area contributed by atoms with Crippen LogP contribution >= 0.6 is 35.0 Å². The summed E-state index contributed by atoms with van der Waals surface area (Å²) in [5.74, 6) is -0.472. The van der Waals surface area contributed by atoms with Gasteiger partial charge in [0.2, 0.25) is 5.91 Å². The first-order valence-electron chi connectivity index (χ1n) is 6.83. The van der Waals surface area contributed by atoms with Crippen LogP contribution in [0.2, 0.25) is 10.0 Å². The largest absolute Gasteiger partial charge is 0.433 e. The van der Waals surface area contributed by atoms with Crippen LogP contribution in [0.25, 0.3) is 0 Å². The van der Waals surface area contributed by atoms with Gasteiger partial charge in [0.1, 0.15) is 5.75 Å². The molecule has 1 N–H and O–H groups in total. The van der Waals surface area contributed by atoms with Crippen LogP contribution in [0.1, 0.15) is 6.92 Å². The number of carbonyl (C=O) groups is 1. The molecule has 0 aliphatic heterocycles. The van der Waals surface area contributed by atoms with Crippen LogP contribution in [0, 0.1) is 0 Å². The zero-order valence-corrected chi connectivity index (χ0v) is 14.8. The van der Waals surface area contributed by atoms with Crippen LogP contribution < -0.4 is 10.1 Å². The van der Waals surface area contributed by atoms with Crippen molar-refractivity contribution in [2.24, 2.45) is 0 Å². The number of alkyl halides is 2. The lowest BCUT2D eigenvalue weighted by Gasteiger charge is -2.15. The number of amides is 1. The fraction of sp³-hybridized carbons (Fsp3) is 0.188. The summed E-state index contributed by atoms with van der Waals surface area (Å²) in [6.07, 6.45) is 0. The zero-order chi connectivity index (χ0) is 17.7. The summed E-state index contributed by atoms with van der Waals surface area (Å²) in [5.41, 5.74) is 0.174. The molecule has 0 heterocycles. The number of ether oxygens (including phenoxy) is 1. The average molecular weight is 392 g/mol. The third kappa shape index (κ3) is 5.26. The zero-order valence-electron chi connectivity index (χ0n) is 12.4. The highest BCUT2D eigenvalue weighted by atomic mass is 35.5. The van der Waals surface area contributed by atoms with Gasteiger partial charge in [-0.2, -0.15) is 8.78 Å². The van der Waals surface area contributed by atoms with Crippen LogP contribution in [0.5, 0.6) is 5.75 Å². The lowest BCUT2D eigenvalue weighted by molar-refractivity contribution is -0.115. The van der Waals surface area contributed by atoms with Gasteiger partial charge in [-0.1, -0.05) is 35.3 Å². The molecule has 128 valence electrons. The second kappa shape index (κ2) is 8.55. The van der Waals surface area contributed by atoms with Crippen molar-refractivity contribution < 1.29 is 18.3 Å². The van der Waals surface area contributed by atoms with E-state index in [4.69, 9.17) is 23.2 Å². The summed E-state index contributed by atoms with van der Waals surface area (Å²) in [4.78, 5) is 13.0. The normalized spacial score (nSPS) is 12.1. The third-order valence-electron chi connectivity index (χ3n) is 2.93. The van der Waals surface area contributed by atoms with Gasteiger partial charge < -0.3 is 10.1 Å². The Bertz CT molecular complexity index is 731. The minimum absolute atomic E-state index is 0.0983. The Morgan fingerprint density at radius 3 is 2.62 bits per heavy atom. The maximum atomic E-state index is 12.4. The topological polar surface area (TPSA) is 38.3 Å². The third-order valence-corrected chi connectivity index (χ3v) is 4.76. The van der Waals surface area contributed by atoms with Crippen molar-refractivity contribution in [2.45, 2.75) is 23.7 Å². The molecule has 0 radical (unpaired) electrons. The van der Waals surface area contributed by atoms with E-state index in [-0.39, 0.29) is 17.3 Å². The molecule has 0 saturated heterocycles. The first-order valence-corrected chi connectivity index (χ1v) is 8.47. The molecule has 1 unspecified atom stereocenters. The standard InChI is InChI=1S/C16H13Cl2F2NO2S/c1-9(24-14-8-10(17)6-7-11(14)18)15(22)21-12-4-2-3-5-13(12)23-16(19)20/h2-9,16H,1H3,(H,21,22). The molecular weight excluding hydrogens is 379 g/mol. The van der Waals surface area contributed by atoms with Gasteiger partial charge in [-0.25, -0.2) is 0 Å². The fourth-order valence-electron chi connectivity index (χ4n) is 1.81. The van der Waals surface area contributed by atoms with Gasteiger partial charge in [0.25, 0.3) is 0 Å². The minimum Gasteiger partial charge on any atom is -0.433 e. The van der Waals surface area contributed by atoms with Gasteiger partial charge in [-0.15, -0.1) is 11.8 Å². The number of rotatable bonds is 6. The Hall–Kier alpha value is -1.50. The van der Waals surface area contributed by atoms with E-state index < -0.39 is 11.9 Å². The average Bonchev–Trinajstić information content (AvgIpc) is 2.52. The van der Waals surface area contributed by atoms with Gasteiger partial charge in [-0.05, 0) is 37.3 Å². The quantitative estimate of drug-likeness (QED) is 0.640. The molecule has 0 saturated carbocycles. The van der Waals surface area contributed by atoms with Crippen LogP contribution in [0.15, 0.2) is 47.4 Å². The number of halogens is 4. The van der Waals surface area contributed by atoms with E-state index in [2.05, 4.69) is 10.1 Å². The number of para-hydroxylation sites is 2. The van der Waals surface area contributed by atoms with E-state index in [1.165, 1.54) is 30.0 Å². The summed E-state index contributed by atoms with van der Waals surface area (Å²) in [7, 11) is 0. The molecule has 24 heavy (non-hydrogen) atoms. The van der Waals surface area contributed by atoms with Crippen LogP contribution in [-0.2, 0) is 4.79 Å². The van der Waals surface area contributed by atoms with E-state index >= 15 is 0 Å². The van der Waals surface area contributed by atoms with Crippen molar-refractivity contribution in [3.63, 3.8) is 0 Å². The lowest BCUT2D eigenvalue weighted by atomic mass is 10.3. The van der Waals surface area contributed by atoms with E-state index in [0.717, 1.165) is 0 Å². The van der Waals surface area contributed by atoms with Crippen LogP contribution in [-0.4, -0.2) is 17.8 Å². The highest BCUT2D eigenvalue weighted by molar-refractivity contribution is 8.00. The first-order chi connectivity index (χ1) is 11.4. The van der Waals surface area contributed by atoms with Crippen molar-refractivity contribution in [3.8, 4) is 5.75 Å². The van der Waals surface area contributed by atoms with Crippen molar-refractivity contribution in [3.05, 3.63) is 52.5 Å². The second-order valence-corrected chi connectivity index (χ2v) is 6.93. The number of hydrogen-bond acceptors (Lipinski definition) is 3. The van der Waals surface area contributed by atoms with Crippen molar-refractivity contribution in [1.29, 1.82) is 0 Å². The predicted molar refractivity (Wildman–Crippen MR) is 93.5 cm³/mol. The van der Waals surface area contributed by atoms with Gasteiger partial charge in [0, 0.05) is 9.92 Å². The molecule has 3 nitrogen and oxygen atoms in total. The molecule has 0 fully saturated rings. The fourth-order valence-corrected chi connectivity index (χ4v) is 3.22. The second-order valence-electron chi connectivity index (χ2n) is 4.70. The molecule has 8 heteroatoms. The maximum Gasteiger partial charge on any atom is 0.387 e. The van der Waals surface area contributed by atoms with Crippen LogP contribution in [0.4, 0.5) is 14.5 Å². The summed E-state index contributed by atoms with van der Waals surface area (Å²) >= 11 is 13.2. The molecule has 2 aromatic rings. The van der Waals surface area contributed by atoms with E-state index in [0.29, 0.717) is 14.9 Å². The summed E-state index contributed by atoms with van der Waals surface area (Å²) in [6.45, 7) is -1.30. The number of nitrogens with one attached hydrogen (secondary N) is 1. The van der Waals surface area contributed by atoms with Crippen molar-refractivity contribution >= 4 is 46.6 Å². The number of benzene rings is 2. The summed E-state index contributed by atoms with van der Waals surface area (Å²) in [6, 6.07) is 10.9. The molecule has 0 aliphatic rings. The van der Waals surface area contributed by atoms with Crippen molar-refractivity contribution in [1.82, 2.24) is 0 Å². The predicted octanol–water partition coefficient (Wildman–Crippen LogP) is 5.71. The minimum atomic E-state index is -2.97. The lowest BCUT2D eigenvalue weighted by Crippen LogP contribution is -2.23. The molecule has 1 atom stereocenters. The molecule has 1 amide bonds. The smallest absolute Gasteiger partial charge is 0.387 e. The van der Waals surface area contributed by atoms with Gasteiger partial charge >= 0.3 is 6.61 Å². The molecular formula is C16H13Cl2F2NO2S. The number of thioether (sulfide) groups is 1. The molecule has 2 aromatic carbocycles. The van der Waals surface area contributed by atoms with Crippen LogP contribution in [0.3, 0.4) is 0 Å². The Balaban J connectivity index is 2.08. The molecule has 0 spiro atoms. The Labute approximate surface area is 152 Å².